The van der Waals surface area contributed by atoms with Gasteiger partial charge in [-0.15, -0.1) is 0 Å². The first kappa shape index (κ1) is 16.0. The number of hydrogen-bond acceptors (Lipinski definition) is 2. The smallest absolute Gasteiger partial charge is 0.225 e. The summed E-state index contributed by atoms with van der Waals surface area (Å²) >= 11 is 0. The number of benzene rings is 1. The Hall–Kier alpha value is -1.35. The molecule has 1 amide bonds. The minimum Gasteiger partial charge on any atom is -0.349 e. The Morgan fingerprint density at radius 3 is 2.48 bits per heavy atom. The predicted octanol–water partition coefficient (Wildman–Crippen LogP) is 3.41. The molecule has 0 aliphatic heterocycles. The largest absolute Gasteiger partial charge is 0.349 e. The molecule has 0 bridgehead atoms. The van der Waals surface area contributed by atoms with E-state index in [1.165, 1.54) is 5.56 Å². The second-order valence-corrected chi connectivity index (χ2v) is 7.44. The van der Waals surface area contributed by atoms with Crippen LogP contribution >= 0.6 is 0 Å². The quantitative estimate of drug-likeness (QED) is 0.892. The first-order valence-electron chi connectivity index (χ1n) is 7.98. The average molecular weight is 288 g/mol. The van der Waals surface area contributed by atoms with Crippen molar-refractivity contribution in [2.75, 3.05) is 0 Å². The number of rotatable bonds is 4. The minimum absolute atomic E-state index is 0.0174. The molecule has 1 aromatic carbocycles. The Labute approximate surface area is 128 Å². The highest BCUT2D eigenvalue weighted by atomic mass is 16.2. The molecule has 1 aliphatic rings. The van der Waals surface area contributed by atoms with Crippen LogP contribution < -0.4 is 11.1 Å². The maximum absolute atomic E-state index is 12.5. The number of carbonyl (C=O) groups excluding carboxylic acids is 1. The monoisotopic (exact) mass is 288 g/mol. The van der Waals surface area contributed by atoms with Crippen molar-refractivity contribution in [1.82, 2.24) is 5.32 Å². The minimum atomic E-state index is -0.0174. The van der Waals surface area contributed by atoms with Crippen molar-refractivity contribution in [2.45, 2.75) is 58.5 Å². The van der Waals surface area contributed by atoms with Crippen molar-refractivity contribution < 1.29 is 4.79 Å². The molecule has 1 aliphatic carbocycles. The second kappa shape index (κ2) is 6.61. The van der Waals surface area contributed by atoms with Gasteiger partial charge in [-0.05, 0) is 30.2 Å². The molecule has 1 aromatic rings. The van der Waals surface area contributed by atoms with Crippen LogP contribution in [0.2, 0.25) is 0 Å². The van der Waals surface area contributed by atoms with Gasteiger partial charge < -0.3 is 11.1 Å². The standard InChI is InChI=1S/C18H28N2O/c1-18(2,3)12-16(13-8-5-4-6-9-13)20-17(21)14-10-7-11-15(14)19/h4-6,8-9,14-16H,7,10-12,19H2,1-3H3,(H,20,21). The van der Waals surface area contributed by atoms with E-state index in [-0.39, 0.29) is 29.3 Å². The van der Waals surface area contributed by atoms with Crippen LogP contribution in [0.25, 0.3) is 0 Å². The normalized spacial score (nSPS) is 23.8. The zero-order valence-corrected chi connectivity index (χ0v) is 13.4. The second-order valence-electron chi connectivity index (χ2n) is 7.44. The van der Waals surface area contributed by atoms with Crippen LogP contribution in [0.1, 0.15) is 58.1 Å². The first-order chi connectivity index (χ1) is 9.87. The summed E-state index contributed by atoms with van der Waals surface area (Å²) in [6.07, 6.45) is 3.87. The third-order valence-electron chi connectivity index (χ3n) is 4.24. The van der Waals surface area contributed by atoms with Crippen molar-refractivity contribution in [3.63, 3.8) is 0 Å². The lowest BCUT2D eigenvalue weighted by Gasteiger charge is -2.29. The molecule has 2 rings (SSSR count). The fourth-order valence-corrected chi connectivity index (χ4v) is 3.14. The Morgan fingerprint density at radius 1 is 1.29 bits per heavy atom. The van der Waals surface area contributed by atoms with Gasteiger partial charge >= 0.3 is 0 Å². The van der Waals surface area contributed by atoms with E-state index in [1.54, 1.807) is 0 Å². The molecule has 116 valence electrons. The zero-order chi connectivity index (χ0) is 15.5. The third-order valence-corrected chi connectivity index (χ3v) is 4.24. The topological polar surface area (TPSA) is 55.1 Å². The van der Waals surface area contributed by atoms with Gasteiger partial charge in [-0.1, -0.05) is 57.5 Å². The summed E-state index contributed by atoms with van der Waals surface area (Å²) in [6, 6.07) is 10.3. The Morgan fingerprint density at radius 2 is 1.95 bits per heavy atom. The van der Waals surface area contributed by atoms with Crippen LogP contribution in [0.5, 0.6) is 0 Å². The molecule has 1 saturated carbocycles. The number of hydrogen-bond donors (Lipinski definition) is 2. The molecule has 0 saturated heterocycles. The number of nitrogens with one attached hydrogen (secondary N) is 1. The van der Waals surface area contributed by atoms with Crippen LogP contribution in [0.3, 0.4) is 0 Å². The summed E-state index contributed by atoms with van der Waals surface area (Å²) < 4.78 is 0. The molecular weight excluding hydrogens is 260 g/mol. The van der Waals surface area contributed by atoms with Gasteiger partial charge in [0.1, 0.15) is 0 Å². The van der Waals surface area contributed by atoms with Crippen molar-refractivity contribution in [3.8, 4) is 0 Å². The fraction of sp³-hybridized carbons (Fsp3) is 0.611. The highest BCUT2D eigenvalue weighted by molar-refractivity contribution is 5.80. The molecule has 0 spiro atoms. The van der Waals surface area contributed by atoms with Gasteiger partial charge in [-0.25, -0.2) is 0 Å². The Kier molecular flexibility index (Phi) is 5.04. The summed E-state index contributed by atoms with van der Waals surface area (Å²) in [6.45, 7) is 6.61. The van der Waals surface area contributed by atoms with Gasteiger partial charge in [-0.2, -0.15) is 0 Å². The van der Waals surface area contributed by atoms with E-state index in [4.69, 9.17) is 5.73 Å². The molecule has 1 fully saturated rings. The highest BCUT2D eigenvalue weighted by Gasteiger charge is 2.32. The van der Waals surface area contributed by atoms with E-state index < -0.39 is 0 Å². The number of nitrogens with two attached hydrogens (primary N) is 1. The summed E-state index contributed by atoms with van der Waals surface area (Å²) in [5.74, 6) is 0.106. The molecule has 0 heterocycles. The van der Waals surface area contributed by atoms with E-state index in [1.807, 2.05) is 18.2 Å². The maximum Gasteiger partial charge on any atom is 0.225 e. The van der Waals surface area contributed by atoms with Gasteiger partial charge in [0.25, 0.3) is 0 Å². The summed E-state index contributed by atoms with van der Waals surface area (Å²) in [5, 5.41) is 3.24. The van der Waals surface area contributed by atoms with Gasteiger partial charge in [0, 0.05) is 6.04 Å². The van der Waals surface area contributed by atoms with Gasteiger partial charge in [0.15, 0.2) is 0 Å². The van der Waals surface area contributed by atoms with Gasteiger partial charge in [0.2, 0.25) is 5.91 Å². The van der Waals surface area contributed by atoms with Crippen molar-refractivity contribution in [3.05, 3.63) is 35.9 Å². The molecule has 3 heteroatoms. The maximum atomic E-state index is 12.5. The van der Waals surface area contributed by atoms with Gasteiger partial charge in [-0.3, -0.25) is 4.79 Å². The molecule has 0 radical (unpaired) electrons. The van der Waals surface area contributed by atoms with E-state index in [9.17, 15) is 4.79 Å². The molecule has 3 atom stereocenters. The molecule has 3 N–H and O–H groups in total. The van der Waals surface area contributed by atoms with Crippen molar-refractivity contribution in [1.29, 1.82) is 0 Å². The van der Waals surface area contributed by atoms with Crippen molar-refractivity contribution in [2.24, 2.45) is 17.1 Å². The SMILES string of the molecule is CC(C)(C)CC(NC(=O)C1CCCC1N)c1ccccc1. The third kappa shape index (κ3) is 4.57. The Bertz CT molecular complexity index is 464. The summed E-state index contributed by atoms with van der Waals surface area (Å²) in [7, 11) is 0. The van der Waals surface area contributed by atoms with E-state index in [0.29, 0.717) is 0 Å². The van der Waals surface area contributed by atoms with Crippen LogP contribution in [0, 0.1) is 11.3 Å². The molecule has 21 heavy (non-hydrogen) atoms. The fourth-order valence-electron chi connectivity index (χ4n) is 3.14. The summed E-state index contributed by atoms with van der Waals surface area (Å²) in [4.78, 5) is 12.5. The van der Waals surface area contributed by atoms with E-state index >= 15 is 0 Å². The van der Waals surface area contributed by atoms with Crippen LogP contribution in [-0.4, -0.2) is 11.9 Å². The Balaban J connectivity index is 2.10. The van der Waals surface area contributed by atoms with Crippen LogP contribution in [-0.2, 0) is 4.79 Å². The molecule has 3 unspecified atom stereocenters. The predicted molar refractivity (Wildman–Crippen MR) is 86.7 cm³/mol. The summed E-state index contributed by atoms with van der Waals surface area (Å²) in [5.41, 5.74) is 7.39. The lowest BCUT2D eigenvalue weighted by molar-refractivity contribution is -0.126. The average Bonchev–Trinajstić information content (AvgIpc) is 2.84. The van der Waals surface area contributed by atoms with Crippen molar-refractivity contribution >= 4 is 5.91 Å². The van der Waals surface area contributed by atoms with E-state index in [0.717, 1.165) is 25.7 Å². The molecule has 3 nitrogen and oxygen atoms in total. The number of carbonyl (C=O) groups is 1. The van der Waals surface area contributed by atoms with Crippen LogP contribution in [0.4, 0.5) is 0 Å². The molecular formula is C18H28N2O. The van der Waals surface area contributed by atoms with E-state index in [2.05, 4.69) is 38.2 Å². The van der Waals surface area contributed by atoms with Crippen LogP contribution in [0.15, 0.2) is 30.3 Å². The lowest BCUT2D eigenvalue weighted by atomic mass is 9.85. The first-order valence-corrected chi connectivity index (χ1v) is 7.98. The zero-order valence-electron chi connectivity index (χ0n) is 13.4. The number of amides is 1. The highest BCUT2D eigenvalue weighted by Crippen LogP contribution is 2.31. The van der Waals surface area contributed by atoms with Gasteiger partial charge in [0.05, 0.1) is 12.0 Å². The molecule has 0 aromatic heterocycles. The lowest BCUT2D eigenvalue weighted by Crippen LogP contribution is -2.41.